The molecule has 2 heterocycles. The number of hydrogen-bond acceptors (Lipinski definition) is 6. The molecule has 1 atom stereocenters. The summed E-state index contributed by atoms with van der Waals surface area (Å²) in [4.78, 5) is 14.7. The van der Waals surface area contributed by atoms with Crippen molar-refractivity contribution in [3.8, 4) is 11.8 Å². The lowest BCUT2D eigenvalue weighted by atomic mass is 9.77. The Morgan fingerprint density at radius 3 is 2.64 bits per heavy atom. The number of thioether (sulfide) groups is 1. The number of hydrogen-bond donors (Lipinski definition) is 1. The fourth-order valence-corrected chi connectivity index (χ4v) is 4.71. The third-order valence-corrected chi connectivity index (χ3v) is 6.69. The van der Waals surface area contributed by atoms with Crippen molar-refractivity contribution >= 4 is 23.7 Å². The summed E-state index contributed by atoms with van der Waals surface area (Å²) in [5.41, 5.74) is 1.64. The van der Waals surface area contributed by atoms with Crippen LogP contribution in [0, 0.1) is 11.3 Å². The molecule has 2 aliphatic rings. The highest BCUT2D eigenvalue weighted by Crippen LogP contribution is 2.41. The Labute approximate surface area is 201 Å². The van der Waals surface area contributed by atoms with Gasteiger partial charge in [-0.25, -0.2) is 0 Å². The highest BCUT2D eigenvalue weighted by atomic mass is 32.2. The largest absolute Gasteiger partial charge is 0.507 e. The minimum Gasteiger partial charge on any atom is -0.507 e. The first-order valence-corrected chi connectivity index (χ1v) is 12.2. The summed E-state index contributed by atoms with van der Waals surface area (Å²) in [6.45, 7) is 11.4. The smallest absolute Gasteiger partial charge is 0.265 e. The molecule has 7 heteroatoms. The molecule has 1 aromatic rings. The summed E-state index contributed by atoms with van der Waals surface area (Å²) >= 11 is 1.33. The van der Waals surface area contributed by atoms with E-state index in [1.165, 1.54) is 16.7 Å². The standard InChI is InChI=1S/C26H34N2O4S/c1-25(2,3)19-14-18(16-21-24(30)28(10-9-27)11-13-33-21)15-20(23(19)29)26(4,5)17-32-22-8-6-7-12-31-22/h11,13-16,22,29H,6-8,10,12,17H2,1-5H3. The number of rotatable bonds is 6. The van der Waals surface area contributed by atoms with Gasteiger partial charge in [-0.2, -0.15) is 5.26 Å². The summed E-state index contributed by atoms with van der Waals surface area (Å²) in [6, 6.07) is 5.89. The van der Waals surface area contributed by atoms with Gasteiger partial charge in [-0.15, -0.1) is 0 Å². The first-order valence-electron chi connectivity index (χ1n) is 11.4. The van der Waals surface area contributed by atoms with Gasteiger partial charge in [0, 0.05) is 29.3 Å². The molecule has 0 spiro atoms. The number of nitrogens with zero attached hydrogens (tertiary/aromatic N) is 2. The second-order valence-electron chi connectivity index (χ2n) is 10.2. The van der Waals surface area contributed by atoms with Crippen LogP contribution in [0.1, 0.15) is 70.6 Å². The molecule has 0 radical (unpaired) electrons. The molecular formula is C26H34N2O4S. The van der Waals surface area contributed by atoms with Crippen molar-refractivity contribution in [1.29, 1.82) is 5.26 Å². The Bertz CT molecular complexity index is 979. The number of carbonyl (C=O) groups is 1. The molecule has 0 aliphatic carbocycles. The van der Waals surface area contributed by atoms with Crippen LogP contribution >= 0.6 is 11.8 Å². The number of amides is 1. The molecule has 1 N–H and O–H groups in total. The van der Waals surface area contributed by atoms with E-state index in [1.807, 2.05) is 38.1 Å². The van der Waals surface area contributed by atoms with E-state index in [0.29, 0.717) is 11.5 Å². The van der Waals surface area contributed by atoms with E-state index >= 15 is 0 Å². The minimum atomic E-state index is -0.476. The lowest BCUT2D eigenvalue weighted by molar-refractivity contribution is -0.170. The van der Waals surface area contributed by atoms with Gasteiger partial charge in [0.1, 0.15) is 12.3 Å². The maximum Gasteiger partial charge on any atom is 0.265 e. The zero-order valence-corrected chi connectivity index (χ0v) is 21.0. The summed E-state index contributed by atoms with van der Waals surface area (Å²) < 4.78 is 11.8. The van der Waals surface area contributed by atoms with E-state index in [0.717, 1.165) is 42.6 Å². The van der Waals surface area contributed by atoms with Gasteiger partial charge in [-0.1, -0.05) is 46.4 Å². The molecule has 0 saturated carbocycles. The Kier molecular flexibility index (Phi) is 7.94. The molecule has 1 saturated heterocycles. The molecule has 6 nitrogen and oxygen atoms in total. The van der Waals surface area contributed by atoms with Crippen LogP contribution in [0.25, 0.3) is 6.08 Å². The average molecular weight is 471 g/mol. The quantitative estimate of drug-likeness (QED) is 0.441. The summed E-state index contributed by atoms with van der Waals surface area (Å²) in [5, 5.41) is 22.0. The third-order valence-electron chi connectivity index (χ3n) is 5.88. The van der Waals surface area contributed by atoms with Crippen LogP contribution in [0.3, 0.4) is 0 Å². The van der Waals surface area contributed by atoms with E-state index in [9.17, 15) is 9.90 Å². The molecule has 0 aromatic heterocycles. The van der Waals surface area contributed by atoms with Crippen LogP contribution in [0.2, 0.25) is 0 Å². The predicted molar refractivity (Wildman–Crippen MR) is 131 cm³/mol. The first-order chi connectivity index (χ1) is 15.5. The second kappa shape index (κ2) is 10.3. The topological polar surface area (TPSA) is 82.8 Å². The van der Waals surface area contributed by atoms with Gasteiger partial charge in [0.05, 0.1) is 17.6 Å². The van der Waals surface area contributed by atoms with E-state index < -0.39 is 5.41 Å². The van der Waals surface area contributed by atoms with Crippen LogP contribution in [0.5, 0.6) is 5.75 Å². The van der Waals surface area contributed by atoms with E-state index in [2.05, 4.69) is 20.8 Å². The van der Waals surface area contributed by atoms with E-state index in [-0.39, 0.29) is 29.9 Å². The van der Waals surface area contributed by atoms with Gasteiger partial charge in [0.15, 0.2) is 6.29 Å². The molecule has 178 valence electrons. The molecule has 33 heavy (non-hydrogen) atoms. The number of carbonyl (C=O) groups excluding carboxylic acids is 1. The van der Waals surface area contributed by atoms with Crippen molar-refractivity contribution in [2.45, 2.75) is 71.0 Å². The minimum absolute atomic E-state index is 0.00884. The van der Waals surface area contributed by atoms with Crippen molar-refractivity contribution in [3.05, 3.63) is 45.3 Å². The average Bonchev–Trinajstić information content (AvgIpc) is 2.76. The van der Waals surface area contributed by atoms with Gasteiger partial charge in [-0.05, 0) is 53.9 Å². The SMILES string of the molecule is CC(C)(C)c1cc(C=C2SC=CN(CC#N)C2=O)cc(C(C)(C)COC2CCCCO2)c1O. The summed E-state index contributed by atoms with van der Waals surface area (Å²) in [6.07, 6.45) is 6.30. The Hall–Kier alpha value is -2.27. The molecular weight excluding hydrogens is 436 g/mol. The maximum absolute atomic E-state index is 12.8. The van der Waals surface area contributed by atoms with Gasteiger partial charge in [-0.3, -0.25) is 4.79 Å². The molecule has 0 bridgehead atoms. The summed E-state index contributed by atoms with van der Waals surface area (Å²) in [7, 11) is 0. The Balaban J connectivity index is 1.97. The Morgan fingerprint density at radius 1 is 1.27 bits per heavy atom. The number of aromatic hydroxyl groups is 1. The molecule has 1 amide bonds. The van der Waals surface area contributed by atoms with Crippen molar-refractivity contribution < 1.29 is 19.4 Å². The molecule has 3 rings (SSSR count). The zero-order valence-electron chi connectivity index (χ0n) is 20.2. The molecule has 1 fully saturated rings. The highest BCUT2D eigenvalue weighted by Gasteiger charge is 2.31. The van der Waals surface area contributed by atoms with Crippen LogP contribution in [0.15, 0.2) is 28.6 Å². The fraction of sp³-hybridized carbons (Fsp3) is 0.538. The normalized spacial score (nSPS) is 20.8. The van der Waals surface area contributed by atoms with E-state index in [1.54, 1.807) is 11.6 Å². The molecule has 1 aromatic carbocycles. The van der Waals surface area contributed by atoms with Gasteiger partial charge in [0.25, 0.3) is 5.91 Å². The van der Waals surface area contributed by atoms with Crippen molar-refractivity contribution in [1.82, 2.24) is 4.90 Å². The van der Waals surface area contributed by atoms with Crippen LogP contribution < -0.4 is 0 Å². The third kappa shape index (κ3) is 6.20. The first kappa shape index (κ1) is 25.4. The number of phenols is 1. The lowest BCUT2D eigenvalue weighted by Gasteiger charge is -2.32. The molecule has 1 unspecified atom stereocenters. The number of nitriles is 1. The monoisotopic (exact) mass is 470 g/mol. The van der Waals surface area contributed by atoms with Crippen LogP contribution in [0.4, 0.5) is 0 Å². The van der Waals surface area contributed by atoms with Crippen molar-refractivity contribution in [3.63, 3.8) is 0 Å². The van der Waals surface area contributed by atoms with Crippen molar-refractivity contribution in [2.24, 2.45) is 0 Å². The van der Waals surface area contributed by atoms with Crippen molar-refractivity contribution in [2.75, 3.05) is 19.8 Å². The Morgan fingerprint density at radius 2 is 2.00 bits per heavy atom. The number of benzene rings is 1. The lowest BCUT2D eigenvalue weighted by Crippen LogP contribution is -2.31. The van der Waals surface area contributed by atoms with Gasteiger partial charge in [0.2, 0.25) is 0 Å². The zero-order chi connectivity index (χ0) is 24.2. The van der Waals surface area contributed by atoms with E-state index in [4.69, 9.17) is 14.7 Å². The number of ether oxygens (including phenoxy) is 2. The number of phenolic OH excluding ortho intramolecular Hbond substituents is 1. The van der Waals surface area contributed by atoms with Crippen LogP contribution in [-0.2, 0) is 25.1 Å². The van der Waals surface area contributed by atoms with Gasteiger partial charge < -0.3 is 19.5 Å². The maximum atomic E-state index is 12.8. The second-order valence-corrected chi connectivity index (χ2v) is 11.2. The van der Waals surface area contributed by atoms with Gasteiger partial charge >= 0.3 is 0 Å². The van der Waals surface area contributed by atoms with Crippen LogP contribution in [-0.4, -0.2) is 42.0 Å². The molecule has 2 aliphatic heterocycles. The summed E-state index contributed by atoms with van der Waals surface area (Å²) in [5.74, 6) is 0.0597. The highest BCUT2D eigenvalue weighted by molar-refractivity contribution is 8.06. The predicted octanol–water partition coefficient (Wildman–Crippen LogP) is 5.42. The fourth-order valence-electron chi connectivity index (χ4n) is 3.93.